The van der Waals surface area contributed by atoms with Gasteiger partial charge in [-0.1, -0.05) is 18.2 Å². The molecule has 0 heterocycles. The highest BCUT2D eigenvalue weighted by Gasteiger charge is 2.22. The summed E-state index contributed by atoms with van der Waals surface area (Å²) in [7, 11) is 1.44. The third-order valence-corrected chi connectivity index (χ3v) is 3.02. The molecule has 0 bridgehead atoms. The molecule has 104 valence electrons. The Morgan fingerprint density at radius 1 is 1.15 bits per heavy atom. The van der Waals surface area contributed by atoms with Crippen molar-refractivity contribution >= 4 is 5.97 Å². The number of rotatable bonds is 3. The molecule has 4 heteroatoms. The van der Waals surface area contributed by atoms with Gasteiger partial charge in [-0.2, -0.15) is 0 Å². The number of ether oxygens (including phenoxy) is 2. The molecule has 0 spiro atoms. The van der Waals surface area contributed by atoms with E-state index in [1.807, 2.05) is 6.07 Å². The van der Waals surface area contributed by atoms with Gasteiger partial charge in [0.25, 0.3) is 0 Å². The molecule has 2 aromatic carbocycles. The summed E-state index contributed by atoms with van der Waals surface area (Å²) >= 11 is 0. The van der Waals surface area contributed by atoms with E-state index in [2.05, 4.69) is 0 Å². The molecule has 0 aliphatic heterocycles. The number of benzene rings is 2. The van der Waals surface area contributed by atoms with E-state index in [0.717, 1.165) is 0 Å². The van der Waals surface area contributed by atoms with Crippen LogP contribution >= 0.6 is 0 Å². The smallest absolute Gasteiger partial charge is 0.347 e. The van der Waals surface area contributed by atoms with Crippen molar-refractivity contribution in [3.8, 4) is 11.5 Å². The third kappa shape index (κ3) is 2.64. The molecule has 0 radical (unpaired) electrons. The average molecular weight is 274 g/mol. The van der Waals surface area contributed by atoms with Crippen LogP contribution in [0.4, 0.5) is 4.39 Å². The number of methoxy groups -OCH3 is 1. The van der Waals surface area contributed by atoms with Gasteiger partial charge in [-0.15, -0.1) is 0 Å². The molecule has 0 amide bonds. The zero-order valence-corrected chi connectivity index (χ0v) is 11.6. The maximum absolute atomic E-state index is 13.8. The van der Waals surface area contributed by atoms with E-state index in [9.17, 15) is 9.18 Å². The molecule has 0 aliphatic rings. The van der Waals surface area contributed by atoms with Crippen LogP contribution in [0.1, 0.15) is 21.5 Å². The summed E-state index contributed by atoms with van der Waals surface area (Å²) in [4.78, 5) is 12.3. The van der Waals surface area contributed by atoms with E-state index >= 15 is 0 Å². The van der Waals surface area contributed by atoms with E-state index < -0.39 is 11.8 Å². The number of carbonyl (C=O) groups is 1. The molecule has 0 fully saturated rings. The lowest BCUT2D eigenvalue weighted by Crippen LogP contribution is -2.14. The van der Waals surface area contributed by atoms with Crippen molar-refractivity contribution in [1.29, 1.82) is 0 Å². The Morgan fingerprint density at radius 2 is 1.80 bits per heavy atom. The molecule has 0 atom stereocenters. The molecule has 0 unspecified atom stereocenters. The van der Waals surface area contributed by atoms with Gasteiger partial charge in [0.15, 0.2) is 0 Å². The summed E-state index contributed by atoms with van der Waals surface area (Å²) in [6.07, 6.45) is 0. The Labute approximate surface area is 117 Å². The van der Waals surface area contributed by atoms with Crippen molar-refractivity contribution in [1.82, 2.24) is 0 Å². The molecule has 0 saturated heterocycles. The summed E-state index contributed by atoms with van der Waals surface area (Å²) < 4.78 is 24.2. The average Bonchev–Trinajstić information content (AvgIpc) is 2.43. The third-order valence-electron chi connectivity index (χ3n) is 3.02. The van der Waals surface area contributed by atoms with Gasteiger partial charge in [-0.3, -0.25) is 0 Å². The van der Waals surface area contributed by atoms with E-state index in [1.165, 1.54) is 20.1 Å². The van der Waals surface area contributed by atoms with Gasteiger partial charge in [0.2, 0.25) is 0 Å². The van der Waals surface area contributed by atoms with E-state index in [-0.39, 0.29) is 11.1 Å². The zero-order valence-electron chi connectivity index (χ0n) is 11.6. The normalized spacial score (nSPS) is 10.2. The molecule has 0 N–H and O–H groups in total. The second-order valence-corrected chi connectivity index (χ2v) is 4.41. The SMILES string of the molecule is COc1c(C)cc(F)c(C)c1C(=O)Oc1ccccc1. The first kappa shape index (κ1) is 14.1. The Hall–Kier alpha value is -2.36. The second-order valence-electron chi connectivity index (χ2n) is 4.41. The second kappa shape index (κ2) is 5.74. The Bertz CT molecular complexity index is 636. The van der Waals surface area contributed by atoms with Crippen molar-refractivity contribution in [2.45, 2.75) is 13.8 Å². The molecule has 2 rings (SSSR count). The van der Waals surface area contributed by atoms with Crippen molar-refractivity contribution in [3.05, 3.63) is 58.9 Å². The summed E-state index contributed by atoms with van der Waals surface area (Å²) in [5.41, 5.74) is 0.887. The van der Waals surface area contributed by atoms with E-state index in [1.54, 1.807) is 31.2 Å². The number of para-hydroxylation sites is 1. The monoisotopic (exact) mass is 274 g/mol. The van der Waals surface area contributed by atoms with Gasteiger partial charge < -0.3 is 9.47 Å². The maximum Gasteiger partial charge on any atom is 0.347 e. The number of aryl methyl sites for hydroxylation is 1. The van der Waals surface area contributed by atoms with Crippen molar-refractivity contribution in [2.75, 3.05) is 7.11 Å². The Kier molecular flexibility index (Phi) is 4.03. The van der Waals surface area contributed by atoms with Crippen LogP contribution in [0.25, 0.3) is 0 Å². The lowest BCUT2D eigenvalue weighted by atomic mass is 10.0. The first-order valence-corrected chi connectivity index (χ1v) is 6.15. The minimum atomic E-state index is -0.631. The van der Waals surface area contributed by atoms with Crippen LogP contribution in [0.5, 0.6) is 11.5 Å². The predicted octanol–water partition coefficient (Wildman–Crippen LogP) is 3.67. The molecule has 2 aromatic rings. The van der Waals surface area contributed by atoms with Crippen LogP contribution in [0.3, 0.4) is 0 Å². The number of hydrogen-bond acceptors (Lipinski definition) is 3. The van der Waals surface area contributed by atoms with Gasteiger partial charge >= 0.3 is 5.97 Å². The highest BCUT2D eigenvalue weighted by Crippen LogP contribution is 2.29. The van der Waals surface area contributed by atoms with Gasteiger partial charge in [0.1, 0.15) is 22.9 Å². The van der Waals surface area contributed by atoms with Gasteiger partial charge in [-0.25, -0.2) is 9.18 Å². The number of hydrogen-bond donors (Lipinski definition) is 0. The van der Waals surface area contributed by atoms with Crippen LogP contribution in [-0.2, 0) is 0 Å². The van der Waals surface area contributed by atoms with Crippen LogP contribution in [0, 0.1) is 19.7 Å². The van der Waals surface area contributed by atoms with Crippen LogP contribution in [0.2, 0.25) is 0 Å². The van der Waals surface area contributed by atoms with Gasteiger partial charge in [0, 0.05) is 5.56 Å². The Morgan fingerprint density at radius 3 is 2.40 bits per heavy atom. The fourth-order valence-electron chi connectivity index (χ4n) is 2.01. The maximum atomic E-state index is 13.8. The molecule has 0 aromatic heterocycles. The molecular formula is C16H15FO3. The highest BCUT2D eigenvalue weighted by molar-refractivity contribution is 5.96. The first-order chi connectivity index (χ1) is 9.54. The molecule has 3 nitrogen and oxygen atoms in total. The molecule has 0 aliphatic carbocycles. The van der Waals surface area contributed by atoms with Gasteiger partial charge in [-0.05, 0) is 37.6 Å². The number of carbonyl (C=O) groups excluding carboxylic acids is 1. The fraction of sp³-hybridized carbons (Fsp3) is 0.188. The zero-order chi connectivity index (χ0) is 14.7. The lowest BCUT2D eigenvalue weighted by Gasteiger charge is -2.14. The quantitative estimate of drug-likeness (QED) is 0.633. The lowest BCUT2D eigenvalue weighted by molar-refractivity contribution is 0.0729. The standard InChI is InChI=1S/C16H15FO3/c1-10-9-13(17)11(2)14(15(10)19-3)16(18)20-12-7-5-4-6-8-12/h4-9H,1-3H3. The summed E-state index contributed by atoms with van der Waals surface area (Å²) in [5.74, 6) is -0.345. The molecule has 0 saturated carbocycles. The summed E-state index contributed by atoms with van der Waals surface area (Å²) in [5, 5.41) is 0. The largest absolute Gasteiger partial charge is 0.496 e. The fourth-order valence-corrected chi connectivity index (χ4v) is 2.01. The summed E-state index contributed by atoms with van der Waals surface area (Å²) in [6, 6.07) is 9.98. The summed E-state index contributed by atoms with van der Waals surface area (Å²) in [6.45, 7) is 3.21. The van der Waals surface area contributed by atoms with E-state index in [0.29, 0.717) is 17.1 Å². The Balaban J connectivity index is 2.44. The first-order valence-electron chi connectivity index (χ1n) is 6.15. The van der Waals surface area contributed by atoms with Crippen LogP contribution in [0.15, 0.2) is 36.4 Å². The van der Waals surface area contributed by atoms with Crippen LogP contribution < -0.4 is 9.47 Å². The van der Waals surface area contributed by atoms with Crippen molar-refractivity contribution in [3.63, 3.8) is 0 Å². The van der Waals surface area contributed by atoms with Gasteiger partial charge in [0.05, 0.1) is 7.11 Å². The molecule has 20 heavy (non-hydrogen) atoms. The van der Waals surface area contributed by atoms with Crippen molar-refractivity contribution < 1.29 is 18.7 Å². The highest BCUT2D eigenvalue weighted by atomic mass is 19.1. The topological polar surface area (TPSA) is 35.5 Å². The minimum Gasteiger partial charge on any atom is -0.496 e. The predicted molar refractivity (Wildman–Crippen MR) is 73.8 cm³/mol. The number of halogens is 1. The van der Waals surface area contributed by atoms with E-state index in [4.69, 9.17) is 9.47 Å². The van der Waals surface area contributed by atoms with Crippen LogP contribution in [-0.4, -0.2) is 13.1 Å². The molecular weight excluding hydrogens is 259 g/mol. The van der Waals surface area contributed by atoms with Crippen molar-refractivity contribution in [2.24, 2.45) is 0 Å². The number of esters is 1. The minimum absolute atomic E-state index is 0.119.